The van der Waals surface area contributed by atoms with E-state index in [0.29, 0.717) is 0 Å². The van der Waals surface area contributed by atoms with Crippen LogP contribution in [0.5, 0.6) is 11.5 Å². The van der Waals surface area contributed by atoms with E-state index in [0.717, 1.165) is 45.6 Å². The van der Waals surface area contributed by atoms with Crippen LogP contribution in [0.25, 0.3) is 21.2 Å². The van der Waals surface area contributed by atoms with E-state index in [2.05, 4.69) is 206 Å². The summed E-state index contributed by atoms with van der Waals surface area (Å²) in [5, 5.41) is 2.46. The molecular formula is C59H57N3OS. The number of benzene rings is 7. The number of anilines is 9. The van der Waals surface area contributed by atoms with Gasteiger partial charge in [0, 0.05) is 39.0 Å². The standard InChI is InChI=1S/C59H57N3OS/c1-56(2,3)36-21-26-39(27-22-36)60-48-30-25-38(58(7,8)9)31-49(48)62-54-50(60)32-42(63-41-17-13-12-14-18-41)33-51(54)61(40-28-23-37(24-29-40)57(4,5)6)53-45-34-44-43-19-15-16-20-46(43)59(10,11)47(44)35-52(45)64-55(53)62/h12-35H,1-11H3. The maximum atomic E-state index is 6.90. The van der Waals surface area contributed by atoms with Crippen LogP contribution in [0.1, 0.15) is 104 Å². The van der Waals surface area contributed by atoms with E-state index >= 15 is 0 Å². The molecule has 8 aromatic rings. The lowest BCUT2D eigenvalue weighted by molar-refractivity contribution is 0.483. The van der Waals surface area contributed by atoms with Gasteiger partial charge in [-0.15, -0.1) is 11.3 Å². The summed E-state index contributed by atoms with van der Waals surface area (Å²) in [7, 11) is 0. The minimum Gasteiger partial charge on any atom is -0.457 e. The molecule has 4 nitrogen and oxygen atoms in total. The third kappa shape index (κ3) is 6.22. The highest BCUT2D eigenvalue weighted by molar-refractivity contribution is 7.24. The van der Waals surface area contributed by atoms with Crippen molar-refractivity contribution in [1.29, 1.82) is 0 Å². The molecule has 0 spiro atoms. The molecule has 11 rings (SSSR count). The summed E-state index contributed by atoms with van der Waals surface area (Å²) in [6.07, 6.45) is 0. The Bertz CT molecular complexity index is 3160. The predicted molar refractivity (Wildman–Crippen MR) is 273 cm³/mol. The summed E-state index contributed by atoms with van der Waals surface area (Å²) in [6, 6.07) is 54.3. The third-order valence-corrected chi connectivity index (χ3v) is 14.9. The quantitative estimate of drug-likeness (QED) is 0.176. The average Bonchev–Trinajstić information content (AvgIpc) is 3.73. The molecule has 7 aromatic carbocycles. The van der Waals surface area contributed by atoms with Crippen molar-refractivity contribution in [2.24, 2.45) is 0 Å². The fraction of sp³-hybridized carbons (Fsp3) is 0.254. The molecule has 0 bridgehead atoms. The lowest BCUT2D eigenvalue weighted by Gasteiger charge is -2.46. The SMILES string of the molecule is CC(C)(C)c1ccc(N2c3ccc(C(C)(C)C)cc3N3c4sc5cc6c(cc5c4N(c4ccc(C(C)(C)C)cc4)c4cc(Oc5ccccc5)cc2c43)-c2ccccc2C6(C)C)cc1. The molecule has 0 N–H and O–H groups in total. The molecule has 0 atom stereocenters. The molecule has 1 aromatic heterocycles. The first kappa shape index (κ1) is 40.5. The zero-order valence-electron chi connectivity index (χ0n) is 39.0. The van der Waals surface area contributed by atoms with Crippen LogP contribution in [0.3, 0.4) is 0 Å². The van der Waals surface area contributed by atoms with Gasteiger partial charge in [0.05, 0.1) is 34.1 Å². The van der Waals surface area contributed by atoms with Crippen molar-refractivity contribution in [2.45, 2.75) is 97.8 Å². The average molecular weight is 856 g/mol. The van der Waals surface area contributed by atoms with Crippen molar-refractivity contribution in [2.75, 3.05) is 14.7 Å². The molecule has 3 heterocycles. The highest BCUT2D eigenvalue weighted by Crippen LogP contribution is 2.68. The van der Waals surface area contributed by atoms with Crippen LogP contribution < -0.4 is 19.4 Å². The Kier molecular flexibility index (Phi) is 8.76. The van der Waals surface area contributed by atoms with E-state index in [9.17, 15) is 0 Å². The molecule has 0 unspecified atom stereocenters. The number of fused-ring (bicyclic) bond motifs is 9. The van der Waals surface area contributed by atoms with E-state index in [1.165, 1.54) is 65.4 Å². The Morgan fingerprint density at radius 3 is 1.62 bits per heavy atom. The van der Waals surface area contributed by atoms with Crippen LogP contribution in [-0.4, -0.2) is 0 Å². The summed E-state index contributed by atoms with van der Waals surface area (Å²) in [6.45, 7) is 25.4. The second-order valence-electron chi connectivity index (χ2n) is 21.6. The first-order valence-electron chi connectivity index (χ1n) is 22.8. The Balaban J connectivity index is 1.26. The van der Waals surface area contributed by atoms with Gasteiger partial charge in [0.1, 0.15) is 16.5 Å². The Hall–Kier alpha value is -6.30. The Morgan fingerprint density at radius 2 is 1.00 bits per heavy atom. The summed E-state index contributed by atoms with van der Waals surface area (Å²) in [5.74, 6) is 1.58. The molecule has 0 saturated carbocycles. The van der Waals surface area contributed by atoms with Crippen molar-refractivity contribution >= 4 is 71.9 Å². The normalized spacial score (nSPS) is 14.8. The van der Waals surface area contributed by atoms with Gasteiger partial charge in [-0.2, -0.15) is 0 Å². The summed E-state index contributed by atoms with van der Waals surface area (Å²) < 4.78 is 8.19. The zero-order valence-corrected chi connectivity index (χ0v) is 39.8. The van der Waals surface area contributed by atoms with Crippen molar-refractivity contribution in [3.8, 4) is 22.6 Å². The molecule has 320 valence electrons. The second-order valence-corrected chi connectivity index (χ2v) is 22.6. The van der Waals surface area contributed by atoms with Crippen LogP contribution in [-0.2, 0) is 21.7 Å². The maximum Gasteiger partial charge on any atom is 0.131 e. The summed E-state index contributed by atoms with van der Waals surface area (Å²) >= 11 is 1.91. The molecule has 64 heavy (non-hydrogen) atoms. The highest BCUT2D eigenvalue weighted by atomic mass is 32.1. The topological polar surface area (TPSA) is 19.0 Å². The van der Waals surface area contributed by atoms with Crippen LogP contribution in [0, 0.1) is 0 Å². The molecule has 2 aliphatic heterocycles. The largest absolute Gasteiger partial charge is 0.457 e. The molecule has 0 saturated heterocycles. The first-order valence-corrected chi connectivity index (χ1v) is 23.6. The van der Waals surface area contributed by atoms with Gasteiger partial charge >= 0.3 is 0 Å². The monoisotopic (exact) mass is 855 g/mol. The van der Waals surface area contributed by atoms with Crippen LogP contribution in [0.2, 0.25) is 0 Å². The van der Waals surface area contributed by atoms with E-state index in [1.807, 2.05) is 41.7 Å². The van der Waals surface area contributed by atoms with Gasteiger partial charge in [-0.3, -0.25) is 4.90 Å². The Morgan fingerprint density at radius 1 is 0.438 bits per heavy atom. The van der Waals surface area contributed by atoms with E-state index in [1.54, 1.807) is 0 Å². The lowest BCUT2D eigenvalue weighted by Crippen LogP contribution is -2.30. The minimum atomic E-state index is -0.116. The van der Waals surface area contributed by atoms with Crippen molar-refractivity contribution < 1.29 is 4.74 Å². The second kappa shape index (κ2) is 13.8. The maximum absolute atomic E-state index is 6.90. The van der Waals surface area contributed by atoms with Crippen molar-refractivity contribution in [3.05, 3.63) is 173 Å². The molecule has 5 heteroatoms. The number of hydrogen-bond donors (Lipinski definition) is 0. The lowest BCUT2D eigenvalue weighted by atomic mass is 9.82. The third-order valence-electron chi connectivity index (χ3n) is 13.8. The minimum absolute atomic E-state index is 0.0122. The van der Waals surface area contributed by atoms with Gasteiger partial charge in [-0.05, 0) is 116 Å². The highest BCUT2D eigenvalue weighted by Gasteiger charge is 2.44. The summed E-state index contributed by atoms with van der Waals surface area (Å²) in [4.78, 5) is 7.59. The van der Waals surface area contributed by atoms with E-state index < -0.39 is 0 Å². The fourth-order valence-corrected chi connectivity index (χ4v) is 11.4. The van der Waals surface area contributed by atoms with Gasteiger partial charge in [0.15, 0.2) is 0 Å². The molecular weight excluding hydrogens is 799 g/mol. The van der Waals surface area contributed by atoms with Crippen LogP contribution >= 0.6 is 11.3 Å². The predicted octanol–water partition coefficient (Wildman–Crippen LogP) is 17.9. The van der Waals surface area contributed by atoms with E-state index in [-0.39, 0.29) is 21.7 Å². The van der Waals surface area contributed by atoms with Gasteiger partial charge in [-0.25, -0.2) is 0 Å². The first-order chi connectivity index (χ1) is 30.4. The number of ether oxygens (including phenoxy) is 1. The molecule has 0 radical (unpaired) electrons. The molecule has 1 aliphatic carbocycles. The Labute approximate surface area is 383 Å². The molecule has 3 aliphatic rings. The summed E-state index contributed by atoms with van der Waals surface area (Å²) in [5.41, 5.74) is 18.2. The van der Waals surface area contributed by atoms with Crippen molar-refractivity contribution in [3.63, 3.8) is 0 Å². The number of rotatable bonds is 4. The number of hydrogen-bond acceptors (Lipinski definition) is 5. The van der Waals surface area contributed by atoms with Gasteiger partial charge in [0.25, 0.3) is 0 Å². The van der Waals surface area contributed by atoms with Crippen LogP contribution in [0.15, 0.2) is 146 Å². The number of nitrogens with zero attached hydrogens (tertiary/aromatic N) is 3. The molecule has 0 amide bonds. The van der Waals surface area contributed by atoms with Gasteiger partial charge in [0.2, 0.25) is 0 Å². The number of para-hydroxylation sites is 1. The smallest absolute Gasteiger partial charge is 0.131 e. The van der Waals surface area contributed by atoms with Crippen LogP contribution in [0.4, 0.5) is 50.5 Å². The van der Waals surface area contributed by atoms with Gasteiger partial charge in [-0.1, -0.05) is 149 Å². The zero-order chi connectivity index (χ0) is 44.7. The molecule has 0 fully saturated rings. The van der Waals surface area contributed by atoms with Gasteiger partial charge < -0.3 is 14.5 Å². The number of thiophene rings is 1. The van der Waals surface area contributed by atoms with E-state index in [4.69, 9.17) is 4.74 Å². The van der Waals surface area contributed by atoms with Crippen molar-refractivity contribution in [1.82, 2.24) is 0 Å². The fourth-order valence-electron chi connectivity index (χ4n) is 10.2.